The molecule has 0 aliphatic heterocycles. The number of ether oxygens (including phenoxy) is 1. The van der Waals surface area contributed by atoms with Gasteiger partial charge in [-0.2, -0.15) is 0 Å². The third-order valence-electron chi connectivity index (χ3n) is 1.43. The summed E-state index contributed by atoms with van der Waals surface area (Å²) in [5.74, 6) is -0.405. The van der Waals surface area contributed by atoms with Gasteiger partial charge in [0.2, 0.25) is 4.38 Å². The molecule has 0 aliphatic rings. The van der Waals surface area contributed by atoms with Crippen LogP contribution in [0.4, 0.5) is 0 Å². The van der Waals surface area contributed by atoms with Crippen molar-refractivity contribution < 1.29 is 4.74 Å². The average Bonchev–Trinajstić information content (AvgIpc) is 2.07. The van der Waals surface area contributed by atoms with Crippen molar-refractivity contribution in [1.82, 2.24) is 0 Å². The Bertz CT molecular complexity index is 333. The molecule has 1 rings (SSSR count). The van der Waals surface area contributed by atoms with Gasteiger partial charge in [0.25, 0.3) is 0 Å². The predicted molar refractivity (Wildman–Crippen MR) is 70.6 cm³/mol. The standard InChI is InChI=1S/C8H7Cl2OPS2/c1-6-4-2-3-5-7(6)11-8(13)14-12(9)10/h2-5H,1H3. The number of rotatable bonds is 2. The molecule has 0 unspecified atom stereocenters. The minimum atomic E-state index is -1.15. The lowest BCUT2D eigenvalue weighted by Crippen LogP contribution is -1.99. The zero-order valence-electron chi connectivity index (χ0n) is 7.24. The first kappa shape index (κ1) is 12.5. The van der Waals surface area contributed by atoms with Crippen LogP contribution in [0.5, 0.6) is 5.75 Å². The van der Waals surface area contributed by atoms with Crippen molar-refractivity contribution >= 4 is 56.3 Å². The van der Waals surface area contributed by atoms with Crippen LogP contribution >= 0.6 is 51.9 Å². The van der Waals surface area contributed by atoms with E-state index in [0.717, 1.165) is 22.7 Å². The van der Waals surface area contributed by atoms with Crippen molar-refractivity contribution in [2.24, 2.45) is 0 Å². The largest absolute Gasteiger partial charge is 0.439 e. The molecule has 0 saturated carbocycles. The van der Waals surface area contributed by atoms with Crippen LogP contribution in [-0.2, 0) is 0 Å². The van der Waals surface area contributed by atoms with Gasteiger partial charge in [0.1, 0.15) is 5.75 Å². The molecule has 1 aromatic carbocycles. The second kappa shape index (κ2) is 6.14. The first-order valence-electron chi connectivity index (χ1n) is 3.66. The van der Waals surface area contributed by atoms with Crippen LogP contribution < -0.4 is 4.74 Å². The van der Waals surface area contributed by atoms with Gasteiger partial charge in [-0.15, -0.1) is 0 Å². The fraction of sp³-hybridized carbons (Fsp3) is 0.125. The van der Waals surface area contributed by atoms with E-state index in [1.807, 2.05) is 31.2 Å². The fourth-order valence-electron chi connectivity index (χ4n) is 0.836. The van der Waals surface area contributed by atoms with E-state index in [4.69, 9.17) is 39.4 Å². The normalized spacial score (nSPS) is 10.3. The molecule has 0 aliphatic carbocycles. The van der Waals surface area contributed by atoms with E-state index in [1.54, 1.807) is 0 Å². The Hall–Kier alpha value is 0.470. The van der Waals surface area contributed by atoms with Crippen LogP contribution in [0.3, 0.4) is 0 Å². The highest BCUT2D eigenvalue weighted by atomic mass is 35.9. The average molecular weight is 285 g/mol. The van der Waals surface area contributed by atoms with E-state index in [1.165, 1.54) is 0 Å². The third-order valence-corrected chi connectivity index (χ3v) is 4.66. The maximum absolute atomic E-state index is 5.60. The lowest BCUT2D eigenvalue weighted by Gasteiger charge is -2.08. The molecule has 1 aromatic rings. The van der Waals surface area contributed by atoms with Crippen molar-refractivity contribution in [3.63, 3.8) is 0 Å². The predicted octanol–water partition coefficient (Wildman–Crippen LogP) is 5.10. The van der Waals surface area contributed by atoms with Crippen LogP contribution in [0, 0.1) is 6.92 Å². The van der Waals surface area contributed by atoms with Crippen molar-refractivity contribution in [3.8, 4) is 5.75 Å². The molecule has 0 heterocycles. The number of benzene rings is 1. The number of aryl methyl sites for hydroxylation is 1. The summed E-state index contributed by atoms with van der Waals surface area (Å²) < 4.78 is 5.75. The molecule has 0 aromatic heterocycles. The highest BCUT2D eigenvalue weighted by Crippen LogP contribution is 2.59. The Labute approximate surface area is 103 Å². The van der Waals surface area contributed by atoms with Gasteiger partial charge in [-0.1, -0.05) is 40.7 Å². The Morgan fingerprint density at radius 2 is 2.07 bits per heavy atom. The summed E-state index contributed by atoms with van der Waals surface area (Å²) in [5.41, 5.74) is 1.03. The van der Waals surface area contributed by atoms with Gasteiger partial charge in [-0.25, -0.2) is 0 Å². The quantitative estimate of drug-likeness (QED) is 0.553. The molecular formula is C8H7Cl2OPS2. The van der Waals surface area contributed by atoms with E-state index in [2.05, 4.69) is 0 Å². The Kier molecular flexibility index (Phi) is 5.50. The number of thiocarbonyl (C=S) groups is 1. The maximum atomic E-state index is 5.60. The monoisotopic (exact) mass is 284 g/mol. The lowest BCUT2D eigenvalue weighted by atomic mass is 10.2. The summed E-state index contributed by atoms with van der Waals surface area (Å²) in [6.07, 6.45) is 0. The first-order chi connectivity index (χ1) is 6.59. The Balaban J connectivity index is 2.61. The zero-order valence-corrected chi connectivity index (χ0v) is 11.3. The summed E-state index contributed by atoms with van der Waals surface area (Å²) in [4.78, 5) is 0. The SMILES string of the molecule is Cc1ccccc1OC(=S)SP(Cl)Cl. The van der Waals surface area contributed by atoms with Gasteiger partial charge in [-0.05, 0) is 42.2 Å². The summed E-state index contributed by atoms with van der Waals surface area (Å²) in [6.45, 7) is 1.95. The Morgan fingerprint density at radius 1 is 1.43 bits per heavy atom. The summed E-state index contributed by atoms with van der Waals surface area (Å²) in [5, 5.41) is 0. The van der Waals surface area contributed by atoms with Gasteiger partial charge in [0.15, 0.2) is 5.83 Å². The molecule has 0 fully saturated rings. The van der Waals surface area contributed by atoms with E-state index in [-0.39, 0.29) is 0 Å². The summed E-state index contributed by atoms with van der Waals surface area (Å²) in [7, 11) is 0. The van der Waals surface area contributed by atoms with Crippen molar-refractivity contribution in [3.05, 3.63) is 29.8 Å². The maximum Gasteiger partial charge on any atom is 0.232 e. The highest BCUT2D eigenvalue weighted by Gasteiger charge is 2.08. The van der Waals surface area contributed by atoms with E-state index in [9.17, 15) is 0 Å². The van der Waals surface area contributed by atoms with Crippen molar-refractivity contribution in [2.75, 3.05) is 0 Å². The molecule has 0 bridgehead atoms. The van der Waals surface area contributed by atoms with Crippen LogP contribution in [0.15, 0.2) is 24.3 Å². The molecular weight excluding hydrogens is 278 g/mol. The Morgan fingerprint density at radius 3 is 2.64 bits per heavy atom. The van der Waals surface area contributed by atoms with Crippen molar-refractivity contribution in [2.45, 2.75) is 6.92 Å². The summed E-state index contributed by atoms with van der Waals surface area (Å²) >= 11 is 17.3. The third kappa shape index (κ3) is 4.33. The molecule has 0 saturated heterocycles. The van der Waals surface area contributed by atoms with E-state index in [0.29, 0.717) is 4.38 Å². The van der Waals surface area contributed by atoms with Gasteiger partial charge in [0, 0.05) is 0 Å². The van der Waals surface area contributed by atoms with Crippen molar-refractivity contribution in [1.29, 1.82) is 0 Å². The molecule has 0 N–H and O–H groups in total. The van der Waals surface area contributed by atoms with Crippen LogP contribution in [0.25, 0.3) is 0 Å². The van der Waals surface area contributed by atoms with E-state index >= 15 is 0 Å². The van der Waals surface area contributed by atoms with Gasteiger partial charge in [-0.3, -0.25) is 0 Å². The molecule has 1 nitrogen and oxygen atoms in total. The number of hydrogen-bond donors (Lipinski definition) is 0. The van der Waals surface area contributed by atoms with Crippen LogP contribution in [0.2, 0.25) is 0 Å². The highest BCUT2D eigenvalue weighted by molar-refractivity contribution is 8.77. The number of para-hydroxylation sites is 1. The van der Waals surface area contributed by atoms with E-state index < -0.39 is 5.83 Å². The molecule has 76 valence electrons. The summed E-state index contributed by atoms with van der Waals surface area (Å²) in [6, 6.07) is 7.63. The lowest BCUT2D eigenvalue weighted by molar-refractivity contribution is 0.574. The molecule has 6 heteroatoms. The second-order valence-corrected chi connectivity index (χ2v) is 9.39. The minimum absolute atomic E-state index is 0.357. The van der Waals surface area contributed by atoms with Crippen LogP contribution in [0.1, 0.15) is 5.56 Å². The minimum Gasteiger partial charge on any atom is -0.439 e. The van der Waals surface area contributed by atoms with Crippen LogP contribution in [-0.4, -0.2) is 4.38 Å². The molecule has 0 spiro atoms. The molecule has 0 radical (unpaired) electrons. The number of halogens is 2. The topological polar surface area (TPSA) is 9.23 Å². The molecule has 14 heavy (non-hydrogen) atoms. The zero-order chi connectivity index (χ0) is 10.6. The fourth-order valence-corrected chi connectivity index (χ4v) is 4.15. The molecule has 0 amide bonds. The van der Waals surface area contributed by atoms with Gasteiger partial charge in [0.05, 0.1) is 0 Å². The number of hydrogen-bond acceptors (Lipinski definition) is 3. The smallest absolute Gasteiger partial charge is 0.232 e. The molecule has 0 atom stereocenters. The second-order valence-electron chi connectivity index (χ2n) is 2.41. The van der Waals surface area contributed by atoms with Gasteiger partial charge >= 0.3 is 0 Å². The first-order valence-corrected chi connectivity index (χ1v) is 8.65. The van der Waals surface area contributed by atoms with Gasteiger partial charge < -0.3 is 4.74 Å².